The Labute approximate surface area is 108 Å². The molecule has 1 aromatic rings. The first-order valence-corrected chi connectivity index (χ1v) is 7.22. The van der Waals surface area contributed by atoms with Gasteiger partial charge in [0.1, 0.15) is 5.25 Å². The van der Waals surface area contributed by atoms with Crippen LogP contribution in [-0.2, 0) is 15.6 Å². The van der Waals surface area contributed by atoms with Gasteiger partial charge in [-0.25, -0.2) is 0 Å². The summed E-state index contributed by atoms with van der Waals surface area (Å²) >= 11 is 6.00. The van der Waals surface area contributed by atoms with E-state index in [0.717, 1.165) is 12.8 Å². The van der Waals surface area contributed by atoms with Crippen LogP contribution in [-0.4, -0.2) is 21.9 Å². The molecule has 0 aliphatic carbocycles. The summed E-state index contributed by atoms with van der Waals surface area (Å²) in [6.07, 6.45) is 2.52. The molecule has 1 fully saturated rings. The Morgan fingerprint density at radius 2 is 2.06 bits per heavy atom. The summed E-state index contributed by atoms with van der Waals surface area (Å²) in [5, 5.41) is 2.78. The third-order valence-corrected chi connectivity index (χ3v) is 4.99. The normalized spacial score (nSPS) is 22.6. The van der Waals surface area contributed by atoms with Gasteiger partial charge in [-0.3, -0.25) is 9.00 Å². The monoisotopic (exact) mass is 271 g/mol. The van der Waals surface area contributed by atoms with Gasteiger partial charge >= 0.3 is 0 Å². The van der Waals surface area contributed by atoms with E-state index in [-0.39, 0.29) is 5.91 Å². The van der Waals surface area contributed by atoms with Crippen LogP contribution in [0.4, 0.5) is 0 Å². The van der Waals surface area contributed by atoms with E-state index >= 15 is 0 Å². The maximum Gasteiger partial charge on any atom is 0.236 e. The van der Waals surface area contributed by atoms with Gasteiger partial charge in [-0.1, -0.05) is 23.7 Å². The molecule has 2 atom stereocenters. The molecule has 0 aromatic heterocycles. The number of benzene rings is 1. The Kier molecular flexibility index (Phi) is 4.18. The average molecular weight is 272 g/mol. The zero-order valence-electron chi connectivity index (χ0n) is 9.32. The predicted octanol–water partition coefficient (Wildman–Crippen LogP) is 2.12. The highest BCUT2D eigenvalue weighted by molar-refractivity contribution is 7.86. The molecule has 1 aliphatic heterocycles. The minimum atomic E-state index is -1.37. The van der Waals surface area contributed by atoms with Crippen molar-refractivity contribution in [3.8, 4) is 0 Å². The van der Waals surface area contributed by atoms with Crippen LogP contribution in [0.3, 0.4) is 0 Å². The predicted molar refractivity (Wildman–Crippen MR) is 68.5 cm³/mol. The summed E-state index contributed by atoms with van der Waals surface area (Å²) in [6, 6.07) is 6.99. The number of carbonyl (C=O) groups is 1. The van der Waals surface area contributed by atoms with Gasteiger partial charge in [0.25, 0.3) is 0 Å². The lowest BCUT2D eigenvalue weighted by Crippen LogP contribution is -2.35. The van der Waals surface area contributed by atoms with Crippen LogP contribution >= 0.6 is 11.6 Å². The Bertz CT molecular complexity index is 450. The highest BCUT2D eigenvalue weighted by Gasteiger charge is 2.28. The van der Waals surface area contributed by atoms with Crippen molar-refractivity contribution in [3.63, 3.8) is 0 Å². The summed E-state index contributed by atoms with van der Waals surface area (Å²) < 4.78 is 12.3. The van der Waals surface area contributed by atoms with E-state index in [4.69, 9.17) is 11.6 Å². The molecular formula is C12H14ClNO2S. The molecule has 0 saturated carbocycles. The van der Waals surface area contributed by atoms with Gasteiger partial charge in [0.15, 0.2) is 0 Å². The lowest BCUT2D eigenvalue weighted by Gasteiger charge is -2.13. The summed E-state index contributed by atoms with van der Waals surface area (Å²) in [4.78, 5) is 12.3. The number of carbonyl (C=O) groups excluding carboxylic acids is 1. The van der Waals surface area contributed by atoms with Gasteiger partial charge in [-0.15, -0.1) is 0 Å². The maximum atomic E-state index is 12.3. The molecule has 92 valence electrons. The zero-order chi connectivity index (χ0) is 12.3. The number of nitrogens with one attached hydrogen (secondary N) is 1. The number of hydrogen-bond donors (Lipinski definition) is 1. The van der Waals surface area contributed by atoms with Crippen LogP contribution in [0.2, 0.25) is 5.02 Å². The standard InChI is InChI=1S/C12H14ClNO2S/c13-9-5-1-2-6-10(9)17(16)11-7-3-4-8-14-12(11)15/h1-2,5-6,11H,3-4,7-8H2,(H,14,15). The largest absolute Gasteiger partial charge is 0.355 e. The lowest BCUT2D eigenvalue weighted by atomic mass is 10.2. The van der Waals surface area contributed by atoms with E-state index in [1.54, 1.807) is 24.3 Å². The Hall–Kier alpha value is -0.870. The van der Waals surface area contributed by atoms with E-state index in [9.17, 15) is 9.00 Å². The number of rotatable bonds is 2. The van der Waals surface area contributed by atoms with Crippen LogP contribution in [0.25, 0.3) is 0 Å². The first-order chi connectivity index (χ1) is 8.20. The van der Waals surface area contributed by atoms with Gasteiger partial charge in [-0.05, 0) is 31.4 Å². The summed E-state index contributed by atoms with van der Waals surface area (Å²) in [5.74, 6) is -0.124. The lowest BCUT2D eigenvalue weighted by molar-refractivity contribution is -0.120. The molecule has 2 unspecified atom stereocenters. The van der Waals surface area contributed by atoms with Crippen molar-refractivity contribution >= 4 is 28.3 Å². The van der Waals surface area contributed by atoms with E-state index in [1.165, 1.54) is 0 Å². The summed E-state index contributed by atoms with van der Waals surface area (Å²) in [7, 11) is -1.37. The van der Waals surface area contributed by atoms with Gasteiger partial charge in [-0.2, -0.15) is 0 Å². The van der Waals surface area contributed by atoms with Crippen LogP contribution in [0.1, 0.15) is 19.3 Å². The third kappa shape index (κ3) is 2.87. The van der Waals surface area contributed by atoms with Crippen molar-refractivity contribution in [2.75, 3.05) is 6.54 Å². The molecule has 1 N–H and O–H groups in total. The molecule has 1 heterocycles. The quantitative estimate of drug-likeness (QED) is 0.896. The number of halogens is 1. The number of hydrogen-bond acceptors (Lipinski definition) is 2. The molecule has 2 rings (SSSR count). The van der Waals surface area contributed by atoms with E-state index < -0.39 is 16.0 Å². The average Bonchev–Trinajstić information content (AvgIpc) is 2.54. The molecule has 0 bridgehead atoms. The molecule has 5 heteroatoms. The fourth-order valence-electron chi connectivity index (χ4n) is 1.88. The van der Waals surface area contributed by atoms with Crippen molar-refractivity contribution in [2.24, 2.45) is 0 Å². The van der Waals surface area contributed by atoms with Crippen molar-refractivity contribution in [1.29, 1.82) is 0 Å². The Balaban J connectivity index is 2.24. The van der Waals surface area contributed by atoms with Crippen molar-refractivity contribution < 1.29 is 9.00 Å². The minimum absolute atomic E-state index is 0.124. The smallest absolute Gasteiger partial charge is 0.236 e. The second kappa shape index (κ2) is 5.65. The maximum absolute atomic E-state index is 12.3. The zero-order valence-corrected chi connectivity index (χ0v) is 10.9. The van der Waals surface area contributed by atoms with E-state index in [1.807, 2.05) is 0 Å². The second-order valence-corrected chi connectivity index (χ2v) is 6.01. The second-order valence-electron chi connectivity index (χ2n) is 4.00. The molecule has 1 saturated heterocycles. The van der Waals surface area contributed by atoms with Gasteiger partial charge < -0.3 is 5.32 Å². The highest BCUT2D eigenvalue weighted by Crippen LogP contribution is 2.24. The SMILES string of the molecule is O=C1NCCCCC1S(=O)c1ccccc1Cl. The third-order valence-electron chi connectivity index (χ3n) is 2.80. The van der Waals surface area contributed by atoms with Gasteiger partial charge in [0.05, 0.1) is 20.7 Å². The molecule has 1 aromatic carbocycles. The topological polar surface area (TPSA) is 46.2 Å². The van der Waals surface area contributed by atoms with Gasteiger partial charge in [0, 0.05) is 6.54 Å². The fourth-order valence-corrected chi connectivity index (χ4v) is 3.68. The fraction of sp³-hybridized carbons (Fsp3) is 0.417. The molecule has 17 heavy (non-hydrogen) atoms. The van der Waals surface area contributed by atoms with Crippen LogP contribution in [0.15, 0.2) is 29.2 Å². The summed E-state index contributed by atoms with van der Waals surface area (Å²) in [6.45, 7) is 0.676. The van der Waals surface area contributed by atoms with Crippen molar-refractivity contribution in [3.05, 3.63) is 29.3 Å². The Morgan fingerprint density at radius 1 is 1.29 bits per heavy atom. The van der Waals surface area contributed by atoms with Crippen LogP contribution in [0.5, 0.6) is 0 Å². The molecule has 0 spiro atoms. The first kappa shape index (κ1) is 12.6. The van der Waals surface area contributed by atoms with Crippen molar-refractivity contribution in [2.45, 2.75) is 29.4 Å². The van der Waals surface area contributed by atoms with Crippen LogP contribution < -0.4 is 5.32 Å². The van der Waals surface area contributed by atoms with E-state index in [2.05, 4.69) is 5.32 Å². The van der Waals surface area contributed by atoms with Gasteiger partial charge in [0.2, 0.25) is 5.91 Å². The Morgan fingerprint density at radius 3 is 2.82 bits per heavy atom. The van der Waals surface area contributed by atoms with E-state index in [0.29, 0.717) is 22.9 Å². The molecular weight excluding hydrogens is 258 g/mol. The first-order valence-electron chi connectivity index (χ1n) is 5.63. The number of amides is 1. The molecule has 0 radical (unpaired) electrons. The van der Waals surface area contributed by atoms with Crippen molar-refractivity contribution in [1.82, 2.24) is 5.32 Å². The molecule has 1 amide bonds. The minimum Gasteiger partial charge on any atom is -0.355 e. The highest BCUT2D eigenvalue weighted by atomic mass is 35.5. The molecule has 3 nitrogen and oxygen atoms in total. The molecule has 1 aliphatic rings. The summed E-state index contributed by atoms with van der Waals surface area (Å²) in [5.41, 5.74) is 0. The van der Waals surface area contributed by atoms with Crippen LogP contribution in [0, 0.1) is 0 Å².